The number of hydrogen-bond donors (Lipinski definition) is 0. The highest BCUT2D eigenvalue weighted by Gasteiger charge is 1.97. The molecule has 2 aromatic carbocycles. The highest BCUT2D eigenvalue weighted by Crippen LogP contribution is 2.12. The first-order valence-corrected chi connectivity index (χ1v) is 4.73. The molecule has 0 fully saturated rings. The van der Waals surface area contributed by atoms with E-state index in [1.54, 1.807) is 0 Å². The predicted molar refractivity (Wildman–Crippen MR) is 59.1 cm³/mol. The van der Waals surface area contributed by atoms with Gasteiger partial charge in [-0.3, -0.25) is 0 Å². The van der Waals surface area contributed by atoms with Crippen molar-refractivity contribution < 1.29 is 0 Å². The van der Waals surface area contributed by atoms with E-state index < -0.39 is 0 Å². The van der Waals surface area contributed by atoms with Gasteiger partial charge >= 0.3 is 0 Å². The highest BCUT2D eigenvalue weighted by atomic mass is 14.0. The summed E-state index contributed by atoms with van der Waals surface area (Å²) in [6, 6.07) is 18.4. The van der Waals surface area contributed by atoms with Crippen molar-refractivity contribution in [1.82, 2.24) is 0 Å². The lowest BCUT2D eigenvalue weighted by Crippen LogP contribution is -1.90. The standard InChI is InChI=1S/C14H12/c1-12-7-5-6-10-14(12)11-13-8-3-2-4-9-13/h1-10H,11H2. The first-order valence-electron chi connectivity index (χ1n) is 4.73. The van der Waals surface area contributed by atoms with Crippen LogP contribution in [0.5, 0.6) is 0 Å². The van der Waals surface area contributed by atoms with Gasteiger partial charge in [0.25, 0.3) is 0 Å². The summed E-state index contributed by atoms with van der Waals surface area (Å²) in [6.07, 6.45) is 0.910. The molecule has 0 aliphatic carbocycles. The molecule has 0 nitrogen and oxygen atoms in total. The Morgan fingerprint density at radius 2 is 1.43 bits per heavy atom. The van der Waals surface area contributed by atoms with Crippen molar-refractivity contribution in [1.29, 1.82) is 0 Å². The van der Waals surface area contributed by atoms with Crippen molar-refractivity contribution in [2.24, 2.45) is 0 Å². The minimum atomic E-state index is 0.872. The molecular weight excluding hydrogens is 168 g/mol. The Morgan fingerprint density at radius 1 is 0.786 bits per heavy atom. The molecule has 0 saturated heterocycles. The summed E-state index contributed by atoms with van der Waals surface area (Å²) in [6.45, 7) is 5.87. The summed E-state index contributed by atoms with van der Waals surface area (Å²) >= 11 is 0. The molecule has 0 unspecified atom stereocenters. The van der Waals surface area contributed by atoms with Crippen LogP contribution in [0, 0.1) is 6.92 Å². The normalized spacial score (nSPS) is 10.1. The molecule has 2 rings (SSSR count). The van der Waals surface area contributed by atoms with Gasteiger partial charge in [0.1, 0.15) is 0 Å². The first kappa shape index (κ1) is 9.01. The van der Waals surface area contributed by atoms with E-state index in [0.29, 0.717) is 0 Å². The lowest BCUT2D eigenvalue weighted by atomic mass is 10.0. The molecule has 0 saturated carbocycles. The number of benzene rings is 2. The second-order valence-electron chi connectivity index (χ2n) is 3.36. The zero-order valence-electron chi connectivity index (χ0n) is 7.98. The Morgan fingerprint density at radius 3 is 2.14 bits per heavy atom. The van der Waals surface area contributed by atoms with Crippen LogP contribution in [0.25, 0.3) is 0 Å². The monoisotopic (exact) mass is 180 g/mol. The molecule has 0 N–H and O–H groups in total. The molecule has 0 aliphatic heterocycles. The van der Waals surface area contributed by atoms with Gasteiger partial charge in [-0.05, 0) is 30.0 Å². The van der Waals surface area contributed by atoms with Crippen LogP contribution in [-0.4, -0.2) is 0 Å². The average molecular weight is 180 g/mol. The molecule has 0 aromatic heterocycles. The van der Waals surface area contributed by atoms with Crippen LogP contribution < -0.4 is 0 Å². The third kappa shape index (κ3) is 2.02. The SMILES string of the molecule is [CH]c1ccccc1Cc1ccccc1. The van der Waals surface area contributed by atoms with E-state index in [9.17, 15) is 0 Å². The van der Waals surface area contributed by atoms with Crippen LogP contribution >= 0.6 is 0 Å². The maximum absolute atomic E-state index is 5.87. The van der Waals surface area contributed by atoms with Gasteiger partial charge in [-0.1, -0.05) is 54.6 Å². The molecule has 0 atom stereocenters. The Hall–Kier alpha value is -1.56. The molecule has 0 bridgehead atoms. The molecule has 0 spiro atoms. The van der Waals surface area contributed by atoms with E-state index in [0.717, 1.165) is 12.0 Å². The fourth-order valence-electron chi connectivity index (χ4n) is 1.51. The summed E-state index contributed by atoms with van der Waals surface area (Å²) in [5.74, 6) is 0. The van der Waals surface area contributed by atoms with E-state index >= 15 is 0 Å². The average Bonchev–Trinajstić information content (AvgIpc) is 2.23. The van der Waals surface area contributed by atoms with E-state index in [1.807, 2.05) is 24.3 Å². The molecule has 0 heterocycles. The smallest absolute Gasteiger partial charge is 0.000899 e. The van der Waals surface area contributed by atoms with Gasteiger partial charge in [-0.25, -0.2) is 0 Å². The summed E-state index contributed by atoms with van der Waals surface area (Å²) in [5.41, 5.74) is 3.36. The minimum Gasteiger partial charge on any atom is -0.0622 e. The predicted octanol–water partition coefficient (Wildman–Crippen LogP) is 3.34. The number of rotatable bonds is 2. The van der Waals surface area contributed by atoms with Crippen LogP contribution in [-0.2, 0) is 6.42 Å². The molecule has 0 aliphatic rings. The van der Waals surface area contributed by atoms with E-state index in [1.165, 1.54) is 11.1 Å². The summed E-state index contributed by atoms with van der Waals surface area (Å²) in [4.78, 5) is 0. The molecule has 2 aromatic rings. The second kappa shape index (κ2) is 4.10. The summed E-state index contributed by atoms with van der Waals surface area (Å²) in [7, 11) is 0. The van der Waals surface area contributed by atoms with Crippen molar-refractivity contribution in [2.75, 3.05) is 0 Å². The lowest BCUT2D eigenvalue weighted by molar-refractivity contribution is 1.18. The Labute approximate surface area is 85.2 Å². The molecule has 14 heavy (non-hydrogen) atoms. The van der Waals surface area contributed by atoms with Crippen molar-refractivity contribution in [3.8, 4) is 0 Å². The van der Waals surface area contributed by atoms with Gasteiger partial charge in [-0.2, -0.15) is 0 Å². The van der Waals surface area contributed by atoms with Crippen molar-refractivity contribution in [3.63, 3.8) is 0 Å². The fourth-order valence-corrected chi connectivity index (χ4v) is 1.51. The quantitative estimate of drug-likeness (QED) is 0.665. The van der Waals surface area contributed by atoms with E-state index in [4.69, 9.17) is 6.92 Å². The zero-order chi connectivity index (χ0) is 9.80. The van der Waals surface area contributed by atoms with Gasteiger partial charge in [0.2, 0.25) is 0 Å². The van der Waals surface area contributed by atoms with E-state index in [2.05, 4.69) is 30.3 Å². The second-order valence-corrected chi connectivity index (χ2v) is 3.36. The lowest BCUT2D eigenvalue weighted by Gasteiger charge is -2.04. The van der Waals surface area contributed by atoms with Crippen LogP contribution in [0.1, 0.15) is 16.7 Å². The van der Waals surface area contributed by atoms with Crippen LogP contribution in [0.2, 0.25) is 0 Å². The number of hydrogen-bond acceptors (Lipinski definition) is 0. The topological polar surface area (TPSA) is 0 Å². The molecule has 0 amide bonds. The third-order valence-corrected chi connectivity index (χ3v) is 2.29. The van der Waals surface area contributed by atoms with E-state index in [-0.39, 0.29) is 0 Å². The van der Waals surface area contributed by atoms with Gasteiger partial charge in [0, 0.05) is 0 Å². The van der Waals surface area contributed by atoms with Gasteiger partial charge in [0.05, 0.1) is 0 Å². The summed E-state index contributed by atoms with van der Waals surface area (Å²) < 4.78 is 0. The van der Waals surface area contributed by atoms with Crippen molar-refractivity contribution >= 4 is 0 Å². The Kier molecular flexibility index (Phi) is 2.64. The summed E-state index contributed by atoms with van der Waals surface area (Å²) in [5, 5.41) is 0. The molecule has 0 heteroatoms. The fraction of sp³-hybridized carbons (Fsp3) is 0.0714. The Bertz CT molecular complexity index is 401. The molecule has 68 valence electrons. The van der Waals surface area contributed by atoms with Crippen LogP contribution in [0.3, 0.4) is 0 Å². The molecular formula is C14H12. The maximum atomic E-state index is 5.87. The van der Waals surface area contributed by atoms with Gasteiger partial charge in [0.15, 0.2) is 0 Å². The zero-order valence-corrected chi connectivity index (χ0v) is 7.98. The van der Waals surface area contributed by atoms with Crippen molar-refractivity contribution in [2.45, 2.75) is 6.42 Å². The Balaban J connectivity index is 2.24. The largest absolute Gasteiger partial charge is 0.0622 e. The maximum Gasteiger partial charge on any atom is -0.000899 e. The first-order chi connectivity index (χ1) is 6.86. The van der Waals surface area contributed by atoms with Gasteiger partial charge in [-0.15, -0.1) is 0 Å². The van der Waals surface area contributed by atoms with Crippen LogP contribution in [0.15, 0.2) is 54.6 Å². The van der Waals surface area contributed by atoms with Gasteiger partial charge < -0.3 is 0 Å². The highest BCUT2D eigenvalue weighted by molar-refractivity contribution is 5.34. The van der Waals surface area contributed by atoms with Crippen molar-refractivity contribution in [3.05, 3.63) is 78.2 Å². The third-order valence-electron chi connectivity index (χ3n) is 2.29. The van der Waals surface area contributed by atoms with Crippen LogP contribution in [0.4, 0.5) is 0 Å². The minimum absolute atomic E-state index is 0.872. The molecule has 2 radical (unpaired) electrons.